The van der Waals surface area contributed by atoms with E-state index in [0.717, 1.165) is 18.4 Å². The SMILES string of the molecule is CCCN(CCC)C(=O)C(=O)NCc1cccnc1. The minimum atomic E-state index is -0.550. The van der Waals surface area contributed by atoms with Crippen molar-refractivity contribution >= 4 is 11.8 Å². The van der Waals surface area contributed by atoms with Crippen LogP contribution in [0.5, 0.6) is 0 Å². The van der Waals surface area contributed by atoms with E-state index in [4.69, 9.17) is 0 Å². The maximum Gasteiger partial charge on any atom is 0.311 e. The lowest BCUT2D eigenvalue weighted by atomic mass is 10.3. The van der Waals surface area contributed by atoms with Gasteiger partial charge in [-0.25, -0.2) is 0 Å². The number of hydrogen-bond donors (Lipinski definition) is 1. The van der Waals surface area contributed by atoms with Crippen LogP contribution in [0.3, 0.4) is 0 Å². The molecule has 1 N–H and O–H groups in total. The summed E-state index contributed by atoms with van der Waals surface area (Å²) < 4.78 is 0. The number of aromatic nitrogens is 1. The van der Waals surface area contributed by atoms with Crippen molar-refractivity contribution in [2.45, 2.75) is 33.2 Å². The molecule has 0 bridgehead atoms. The molecule has 104 valence electrons. The van der Waals surface area contributed by atoms with E-state index >= 15 is 0 Å². The molecule has 0 aliphatic rings. The molecule has 2 amide bonds. The standard InChI is InChI=1S/C14H21N3O2/c1-3-8-17(9-4-2)14(19)13(18)16-11-12-6-5-7-15-10-12/h5-7,10H,3-4,8-9,11H2,1-2H3,(H,16,18). The fourth-order valence-electron chi connectivity index (χ4n) is 1.76. The first kappa shape index (κ1) is 15.1. The monoisotopic (exact) mass is 263 g/mol. The highest BCUT2D eigenvalue weighted by Crippen LogP contribution is 1.98. The normalized spacial score (nSPS) is 10.0. The second-order valence-corrected chi connectivity index (χ2v) is 4.34. The summed E-state index contributed by atoms with van der Waals surface area (Å²) in [6.45, 7) is 5.54. The largest absolute Gasteiger partial charge is 0.344 e. The van der Waals surface area contributed by atoms with Gasteiger partial charge in [-0.3, -0.25) is 14.6 Å². The maximum atomic E-state index is 11.9. The maximum absolute atomic E-state index is 11.9. The van der Waals surface area contributed by atoms with E-state index in [0.29, 0.717) is 19.6 Å². The minimum absolute atomic E-state index is 0.324. The molecule has 0 spiro atoms. The highest BCUT2D eigenvalue weighted by Gasteiger charge is 2.19. The molecular weight excluding hydrogens is 242 g/mol. The number of amides is 2. The van der Waals surface area contributed by atoms with E-state index in [2.05, 4.69) is 10.3 Å². The molecule has 0 radical (unpaired) electrons. The Bertz CT molecular complexity index is 400. The average Bonchev–Trinajstić information content (AvgIpc) is 2.45. The number of carbonyl (C=O) groups excluding carboxylic acids is 2. The predicted octanol–water partition coefficient (Wildman–Crippen LogP) is 1.35. The Hall–Kier alpha value is -1.91. The van der Waals surface area contributed by atoms with Crippen molar-refractivity contribution in [2.24, 2.45) is 0 Å². The first-order valence-corrected chi connectivity index (χ1v) is 6.65. The molecule has 0 aliphatic carbocycles. The molecule has 0 saturated carbocycles. The summed E-state index contributed by atoms with van der Waals surface area (Å²) >= 11 is 0. The van der Waals surface area contributed by atoms with Crippen LogP contribution in [0.15, 0.2) is 24.5 Å². The van der Waals surface area contributed by atoms with Crippen LogP contribution in [0.1, 0.15) is 32.3 Å². The number of pyridine rings is 1. The van der Waals surface area contributed by atoms with Crippen LogP contribution in [-0.4, -0.2) is 34.8 Å². The van der Waals surface area contributed by atoms with E-state index in [1.54, 1.807) is 23.4 Å². The first-order valence-electron chi connectivity index (χ1n) is 6.65. The van der Waals surface area contributed by atoms with Crippen molar-refractivity contribution in [1.29, 1.82) is 0 Å². The van der Waals surface area contributed by atoms with E-state index in [-0.39, 0.29) is 0 Å². The molecule has 1 aromatic heterocycles. The molecule has 5 heteroatoms. The topological polar surface area (TPSA) is 62.3 Å². The van der Waals surface area contributed by atoms with Gasteiger partial charge in [0.25, 0.3) is 0 Å². The van der Waals surface area contributed by atoms with Gasteiger partial charge in [0.1, 0.15) is 0 Å². The zero-order valence-electron chi connectivity index (χ0n) is 11.6. The Kier molecular flexibility index (Phi) is 6.57. The van der Waals surface area contributed by atoms with Gasteiger partial charge in [-0.05, 0) is 24.5 Å². The quantitative estimate of drug-likeness (QED) is 0.788. The van der Waals surface area contributed by atoms with Crippen molar-refractivity contribution in [3.8, 4) is 0 Å². The zero-order chi connectivity index (χ0) is 14.1. The molecule has 0 aromatic carbocycles. The Morgan fingerprint density at radius 3 is 2.47 bits per heavy atom. The molecule has 1 heterocycles. The van der Waals surface area contributed by atoms with Gasteiger partial charge in [0, 0.05) is 32.0 Å². The van der Waals surface area contributed by atoms with Gasteiger partial charge < -0.3 is 10.2 Å². The molecule has 0 unspecified atom stereocenters. The summed E-state index contributed by atoms with van der Waals surface area (Å²) in [5.41, 5.74) is 0.876. The Balaban J connectivity index is 2.49. The number of rotatable bonds is 6. The average molecular weight is 263 g/mol. The number of nitrogens with one attached hydrogen (secondary N) is 1. The van der Waals surface area contributed by atoms with Crippen molar-refractivity contribution < 1.29 is 9.59 Å². The summed E-state index contributed by atoms with van der Waals surface area (Å²) in [7, 11) is 0. The lowest BCUT2D eigenvalue weighted by molar-refractivity contribution is -0.146. The molecule has 0 atom stereocenters. The molecular formula is C14H21N3O2. The van der Waals surface area contributed by atoms with Crippen molar-refractivity contribution in [1.82, 2.24) is 15.2 Å². The molecule has 1 rings (SSSR count). The highest BCUT2D eigenvalue weighted by molar-refractivity contribution is 6.34. The van der Waals surface area contributed by atoms with Crippen LogP contribution in [0, 0.1) is 0 Å². The number of nitrogens with zero attached hydrogens (tertiary/aromatic N) is 2. The Morgan fingerprint density at radius 1 is 1.26 bits per heavy atom. The van der Waals surface area contributed by atoms with Crippen LogP contribution < -0.4 is 5.32 Å². The summed E-state index contributed by atoms with van der Waals surface area (Å²) in [5, 5.41) is 2.63. The minimum Gasteiger partial charge on any atom is -0.344 e. The van der Waals surface area contributed by atoms with E-state index in [1.807, 2.05) is 19.9 Å². The van der Waals surface area contributed by atoms with Gasteiger partial charge in [-0.15, -0.1) is 0 Å². The number of carbonyl (C=O) groups is 2. The van der Waals surface area contributed by atoms with Crippen LogP contribution >= 0.6 is 0 Å². The third-order valence-electron chi connectivity index (χ3n) is 2.64. The number of hydrogen-bond acceptors (Lipinski definition) is 3. The highest BCUT2D eigenvalue weighted by atomic mass is 16.2. The van der Waals surface area contributed by atoms with Crippen molar-refractivity contribution in [3.05, 3.63) is 30.1 Å². The van der Waals surface area contributed by atoms with Crippen molar-refractivity contribution in [3.63, 3.8) is 0 Å². The molecule has 19 heavy (non-hydrogen) atoms. The lowest BCUT2D eigenvalue weighted by Gasteiger charge is -2.20. The van der Waals surface area contributed by atoms with Crippen LogP contribution in [-0.2, 0) is 16.1 Å². The molecule has 0 saturated heterocycles. The first-order chi connectivity index (χ1) is 9.19. The van der Waals surface area contributed by atoms with Crippen LogP contribution in [0.25, 0.3) is 0 Å². The zero-order valence-corrected chi connectivity index (χ0v) is 11.6. The fourth-order valence-corrected chi connectivity index (χ4v) is 1.76. The van der Waals surface area contributed by atoms with E-state index in [9.17, 15) is 9.59 Å². The van der Waals surface area contributed by atoms with Gasteiger partial charge in [-0.1, -0.05) is 19.9 Å². The summed E-state index contributed by atoms with van der Waals surface area (Å²) in [5.74, 6) is -1.00. The Labute approximate surface area is 114 Å². The molecule has 0 aliphatic heterocycles. The van der Waals surface area contributed by atoms with Crippen molar-refractivity contribution in [2.75, 3.05) is 13.1 Å². The third kappa shape index (κ3) is 5.07. The van der Waals surface area contributed by atoms with E-state index in [1.165, 1.54) is 0 Å². The van der Waals surface area contributed by atoms with Gasteiger partial charge in [0.2, 0.25) is 0 Å². The second kappa shape index (κ2) is 8.24. The van der Waals surface area contributed by atoms with Crippen LogP contribution in [0.4, 0.5) is 0 Å². The Morgan fingerprint density at radius 2 is 1.95 bits per heavy atom. The predicted molar refractivity (Wildman–Crippen MR) is 73.2 cm³/mol. The van der Waals surface area contributed by atoms with Gasteiger partial charge in [0.15, 0.2) is 0 Å². The third-order valence-corrected chi connectivity index (χ3v) is 2.64. The summed E-state index contributed by atoms with van der Waals surface area (Å²) in [6.07, 6.45) is 5.03. The van der Waals surface area contributed by atoms with Gasteiger partial charge in [-0.2, -0.15) is 0 Å². The van der Waals surface area contributed by atoms with Gasteiger partial charge >= 0.3 is 11.8 Å². The molecule has 1 aromatic rings. The second-order valence-electron chi connectivity index (χ2n) is 4.34. The summed E-state index contributed by atoms with van der Waals surface area (Å²) in [4.78, 5) is 29.3. The van der Waals surface area contributed by atoms with Crippen LogP contribution in [0.2, 0.25) is 0 Å². The van der Waals surface area contributed by atoms with E-state index < -0.39 is 11.8 Å². The molecule has 5 nitrogen and oxygen atoms in total. The lowest BCUT2D eigenvalue weighted by Crippen LogP contribution is -2.43. The molecule has 0 fully saturated rings. The fraction of sp³-hybridized carbons (Fsp3) is 0.500. The summed E-state index contributed by atoms with van der Waals surface area (Å²) in [6, 6.07) is 3.65. The smallest absolute Gasteiger partial charge is 0.311 e. The van der Waals surface area contributed by atoms with Gasteiger partial charge in [0.05, 0.1) is 0 Å².